The molecule has 0 bridgehead atoms. The summed E-state index contributed by atoms with van der Waals surface area (Å²) in [4.78, 5) is 26.3. The van der Waals surface area contributed by atoms with Gasteiger partial charge in [-0.3, -0.25) is 5.32 Å². The number of rotatable bonds is 6. The predicted molar refractivity (Wildman–Crippen MR) is 152 cm³/mol. The van der Waals surface area contributed by atoms with Crippen LogP contribution < -0.4 is 10.1 Å². The van der Waals surface area contributed by atoms with Gasteiger partial charge in [0.25, 0.3) is 0 Å². The van der Waals surface area contributed by atoms with Crippen LogP contribution in [0.15, 0.2) is 79.1 Å². The summed E-state index contributed by atoms with van der Waals surface area (Å²) in [6.07, 6.45) is 1.24. The summed E-state index contributed by atoms with van der Waals surface area (Å²) in [5.74, 6) is 0.349. The maximum Gasteiger partial charge on any atom is 0.414 e. The fourth-order valence-electron chi connectivity index (χ4n) is 5.25. The maximum atomic E-state index is 12.6. The second kappa shape index (κ2) is 10.9. The fourth-order valence-corrected chi connectivity index (χ4v) is 5.25. The molecule has 4 aromatic rings. The lowest BCUT2D eigenvalue weighted by Crippen LogP contribution is -2.32. The first-order chi connectivity index (χ1) is 19.7. The minimum absolute atomic E-state index is 0.0346. The Morgan fingerprint density at radius 1 is 1.10 bits per heavy atom. The summed E-state index contributed by atoms with van der Waals surface area (Å²) >= 11 is 0. The summed E-state index contributed by atoms with van der Waals surface area (Å²) in [5.41, 5.74) is 3.25. The zero-order valence-electron chi connectivity index (χ0n) is 23.3. The average Bonchev–Trinajstić information content (AvgIpc) is 3.52. The first-order valence-corrected chi connectivity index (χ1v) is 13.7. The molecule has 2 aliphatic rings. The second-order valence-electron chi connectivity index (χ2n) is 11.3. The number of ether oxygens (including phenoxy) is 4. The van der Waals surface area contributed by atoms with Crippen molar-refractivity contribution in [3.8, 4) is 5.88 Å². The van der Waals surface area contributed by atoms with Crippen LogP contribution in [-0.2, 0) is 20.8 Å². The Morgan fingerprint density at radius 3 is 2.56 bits per heavy atom. The molecule has 0 spiro atoms. The Morgan fingerprint density at radius 2 is 1.83 bits per heavy atom. The predicted octanol–water partition coefficient (Wildman–Crippen LogP) is 5.98. The molecule has 4 unspecified atom stereocenters. The number of hydrogen-bond acceptors (Lipinski definition) is 8. The number of carbonyl (C=O) groups is 1. The van der Waals surface area contributed by atoms with Crippen molar-refractivity contribution in [3.63, 3.8) is 0 Å². The highest BCUT2D eigenvalue weighted by molar-refractivity contribution is 5.85. The van der Waals surface area contributed by atoms with E-state index in [-0.39, 0.29) is 36.5 Å². The third-order valence-corrected chi connectivity index (χ3v) is 7.16. The van der Waals surface area contributed by atoms with E-state index < -0.39 is 18.0 Å². The van der Waals surface area contributed by atoms with Gasteiger partial charge in [-0.15, -0.1) is 0 Å². The number of carbonyl (C=O) groups excluding carboxylic acids is 1. The topological polar surface area (TPSA) is 110 Å². The number of nitrogens with one attached hydrogen (secondary N) is 1. The molecule has 1 saturated carbocycles. The molecule has 1 amide bonds. The van der Waals surface area contributed by atoms with E-state index in [4.69, 9.17) is 18.9 Å². The van der Waals surface area contributed by atoms with Crippen LogP contribution in [0.25, 0.3) is 11.2 Å². The van der Waals surface area contributed by atoms with Crippen molar-refractivity contribution in [2.45, 2.75) is 57.8 Å². The summed E-state index contributed by atoms with van der Waals surface area (Å²) < 4.78 is 26.0. The highest BCUT2D eigenvalue weighted by Crippen LogP contribution is 2.46. The van der Waals surface area contributed by atoms with Crippen LogP contribution in [0, 0.1) is 5.92 Å². The van der Waals surface area contributed by atoms with Crippen molar-refractivity contribution in [3.05, 3.63) is 90.3 Å². The Labute approximate surface area is 238 Å². The minimum Gasteiger partial charge on any atom is -0.471 e. The van der Waals surface area contributed by atoms with Crippen LogP contribution in [0.4, 0.5) is 10.7 Å². The van der Waals surface area contributed by atoms with Crippen LogP contribution in [0.1, 0.15) is 50.7 Å². The van der Waals surface area contributed by atoms with Crippen molar-refractivity contribution in [2.24, 2.45) is 5.92 Å². The number of fused-ring (bicyclic) bond motifs is 2. The molecule has 2 fully saturated rings. The lowest BCUT2D eigenvalue weighted by molar-refractivity contribution is -0.229. The summed E-state index contributed by atoms with van der Waals surface area (Å²) in [7, 11) is 0. The minimum atomic E-state index is -0.680. The molecule has 212 valence electrons. The quantitative estimate of drug-likeness (QED) is 0.289. The van der Waals surface area contributed by atoms with Gasteiger partial charge in [0, 0.05) is 11.5 Å². The van der Waals surface area contributed by atoms with Crippen LogP contribution in [-0.4, -0.2) is 43.9 Å². The Balaban J connectivity index is 1.30. The zero-order chi connectivity index (χ0) is 28.6. The molecule has 3 heterocycles. The molecule has 10 nitrogen and oxygen atoms in total. The van der Waals surface area contributed by atoms with Crippen molar-refractivity contribution in [1.29, 1.82) is 0 Å². The van der Waals surface area contributed by atoms with Gasteiger partial charge in [-0.2, -0.15) is 9.97 Å². The first kappa shape index (κ1) is 26.9. The lowest BCUT2D eigenvalue weighted by atomic mass is 10.0. The van der Waals surface area contributed by atoms with Crippen molar-refractivity contribution in [1.82, 2.24) is 19.5 Å². The number of anilines is 1. The van der Waals surface area contributed by atoms with E-state index >= 15 is 0 Å². The standard InChI is InChI=1S/C31H33N5O5/c1-19-22-17-39-28(21-13-9-6-10-14-21)40-24(22)15-23(19)36-18-32-25-26(36)33-29(35-30(37)41-31(2,3)4)34-27(25)38-16-20-11-7-5-8-12-20/h5-14,18,22-24,28H,1,15-17H2,2-4H3,(H,33,34,35,37). The van der Waals surface area contributed by atoms with Gasteiger partial charge in [-0.25, -0.2) is 9.78 Å². The summed E-state index contributed by atoms with van der Waals surface area (Å²) in [6.45, 7) is 10.6. The van der Waals surface area contributed by atoms with Crippen molar-refractivity contribution < 1.29 is 23.7 Å². The van der Waals surface area contributed by atoms with E-state index in [1.165, 1.54) is 0 Å². The molecule has 1 N–H and O–H groups in total. The summed E-state index contributed by atoms with van der Waals surface area (Å²) in [6, 6.07) is 19.5. The number of hydrogen-bond donors (Lipinski definition) is 1. The molecule has 2 aromatic carbocycles. The molecule has 1 aliphatic carbocycles. The van der Waals surface area contributed by atoms with E-state index in [1.54, 1.807) is 27.1 Å². The van der Waals surface area contributed by atoms with E-state index in [1.807, 2.05) is 65.2 Å². The van der Waals surface area contributed by atoms with Gasteiger partial charge in [-0.05, 0) is 38.3 Å². The monoisotopic (exact) mass is 555 g/mol. The van der Waals surface area contributed by atoms with Crippen LogP contribution in [0.2, 0.25) is 0 Å². The molecule has 0 radical (unpaired) electrons. The Hall–Kier alpha value is -4.28. The first-order valence-electron chi connectivity index (χ1n) is 13.7. The third kappa shape index (κ3) is 5.79. The molecular weight excluding hydrogens is 522 g/mol. The van der Waals surface area contributed by atoms with E-state index in [9.17, 15) is 4.79 Å². The molecule has 10 heteroatoms. The molecule has 6 rings (SSSR count). The van der Waals surface area contributed by atoms with Gasteiger partial charge >= 0.3 is 6.09 Å². The van der Waals surface area contributed by atoms with E-state index in [0.29, 0.717) is 24.2 Å². The van der Waals surface area contributed by atoms with Gasteiger partial charge in [0.05, 0.1) is 25.1 Å². The number of aromatic nitrogens is 4. The smallest absolute Gasteiger partial charge is 0.414 e. The molecule has 1 aliphatic heterocycles. The SMILES string of the molecule is C=C1C2COC(c3ccccc3)OC2CC1n1cnc2c(OCc3ccccc3)nc(NC(=O)OC(C)(C)C)nc21. The number of imidazole rings is 1. The second-order valence-corrected chi connectivity index (χ2v) is 11.3. The lowest BCUT2D eigenvalue weighted by Gasteiger charge is -2.33. The van der Waals surface area contributed by atoms with Gasteiger partial charge in [0.2, 0.25) is 11.8 Å². The van der Waals surface area contributed by atoms with Gasteiger partial charge in [0.15, 0.2) is 17.5 Å². The van der Waals surface area contributed by atoms with Gasteiger partial charge in [0.1, 0.15) is 12.2 Å². The molecule has 1 saturated heterocycles. The fraction of sp³-hybridized carbons (Fsp3) is 0.355. The van der Waals surface area contributed by atoms with Crippen LogP contribution in [0.5, 0.6) is 5.88 Å². The highest BCUT2D eigenvalue weighted by Gasteiger charge is 2.44. The Kier molecular flexibility index (Phi) is 7.19. The van der Waals surface area contributed by atoms with Gasteiger partial charge < -0.3 is 23.5 Å². The molecule has 41 heavy (non-hydrogen) atoms. The normalized spacial score (nSPS) is 22.4. The number of amides is 1. The van der Waals surface area contributed by atoms with E-state index in [0.717, 1.165) is 16.7 Å². The van der Waals surface area contributed by atoms with Crippen molar-refractivity contribution in [2.75, 3.05) is 11.9 Å². The highest BCUT2D eigenvalue weighted by atomic mass is 16.7. The zero-order valence-corrected chi connectivity index (χ0v) is 23.3. The van der Waals surface area contributed by atoms with Crippen LogP contribution >= 0.6 is 0 Å². The number of benzene rings is 2. The molecule has 2 aromatic heterocycles. The van der Waals surface area contributed by atoms with E-state index in [2.05, 4.69) is 26.8 Å². The molecule has 4 atom stereocenters. The van der Waals surface area contributed by atoms with Gasteiger partial charge in [-0.1, -0.05) is 67.2 Å². The van der Waals surface area contributed by atoms with Crippen molar-refractivity contribution >= 4 is 23.2 Å². The number of nitrogens with zero attached hydrogens (tertiary/aromatic N) is 4. The molecular formula is C31H33N5O5. The average molecular weight is 556 g/mol. The Bertz CT molecular complexity index is 1550. The van der Waals surface area contributed by atoms with Crippen LogP contribution in [0.3, 0.4) is 0 Å². The summed E-state index contributed by atoms with van der Waals surface area (Å²) in [5, 5.41) is 2.65. The third-order valence-electron chi connectivity index (χ3n) is 7.16. The maximum absolute atomic E-state index is 12.6. The largest absolute Gasteiger partial charge is 0.471 e.